The molecule has 0 radical (unpaired) electrons. The second-order valence-electron chi connectivity index (χ2n) is 13.6. The maximum absolute atomic E-state index is 12.6. The largest absolute Gasteiger partial charge is 0.465 e. The number of ether oxygens (including phenoxy) is 3. The first-order valence-electron chi connectivity index (χ1n) is 19.0. The molecular formula is C49H37N3O9S. The number of nitrogens with one attached hydrogen (secondary N) is 3. The van der Waals surface area contributed by atoms with Crippen molar-refractivity contribution in [3.63, 3.8) is 0 Å². The summed E-state index contributed by atoms with van der Waals surface area (Å²) in [5.74, 6) is -1.25. The first-order valence-corrected chi connectivity index (χ1v) is 19.9. The Labute approximate surface area is 358 Å². The molecule has 0 bridgehead atoms. The van der Waals surface area contributed by atoms with Crippen molar-refractivity contribution >= 4 is 79.3 Å². The second-order valence-corrected chi connectivity index (χ2v) is 14.7. The quantitative estimate of drug-likeness (QED) is 0.0725. The van der Waals surface area contributed by atoms with Crippen molar-refractivity contribution in [1.29, 1.82) is 0 Å². The van der Waals surface area contributed by atoms with E-state index < -0.39 is 17.9 Å². The number of esters is 3. The van der Waals surface area contributed by atoms with Crippen LogP contribution in [-0.2, 0) is 14.3 Å². The number of para-hydroxylation sites is 3. The average molecular weight is 844 g/mol. The molecule has 3 N–H and O–H groups in total. The van der Waals surface area contributed by atoms with E-state index in [2.05, 4.69) is 24.4 Å². The highest BCUT2D eigenvalue weighted by Gasteiger charge is 2.19. The molecule has 0 saturated heterocycles. The highest BCUT2D eigenvalue weighted by Crippen LogP contribution is 2.26. The lowest BCUT2D eigenvalue weighted by Gasteiger charge is -2.04. The molecule has 308 valence electrons. The van der Waals surface area contributed by atoms with E-state index >= 15 is 0 Å². The summed E-state index contributed by atoms with van der Waals surface area (Å²) in [6.45, 7) is 1.33. The van der Waals surface area contributed by atoms with Crippen LogP contribution in [0.3, 0.4) is 0 Å². The first kappa shape index (κ1) is 42.0. The number of aromatic amines is 3. The van der Waals surface area contributed by atoms with Gasteiger partial charge in [0.05, 0.1) is 24.7 Å². The highest BCUT2D eigenvalue weighted by molar-refractivity contribution is 7.16. The Balaban J connectivity index is 0.000000140. The maximum atomic E-state index is 12.6. The molecule has 0 spiro atoms. The van der Waals surface area contributed by atoms with Crippen molar-refractivity contribution in [2.24, 2.45) is 0 Å². The standard InChI is InChI=1S/2C17H13NO3.C15H11NO3S/c1-21-17(20)12-6-4-5-11(9-12)16(19)14-10-18-15-8-3-2-7-13(14)15;1-11(19)21-13-6-4-5-12(9-13)17(20)15-10-18-16-8-3-2-7-14(15)16;1-19-15(18)13-7-6-12(20-13)14(17)10-8-16-11-5-3-2-4-9(10)11/h2*2-10,18H,1H3;2-8,16H,1H3. The zero-order chi connectivity index (χ0) is 43.8. The van der Waals surface area contributed by atoms with Gasteiger partial charge < -0.3 is 29.2 Å². The summed E-state index contributed by atoms with van der Waals surface area (Å²) < 4.78 is 14.3. The third-order valence-electron chi connectivity index (χ3n) is 9.62. The van der Waals surface area contributed by atoms with Crippen LogP contribution in [0, 0.1) is 0 Å². The molecule has 0 unspecified atom stereocenters. The van der Waals surface area contributed by atoms with Gasteiger partial charge in [-0.25, -0.2) is 9.59 Å². The Bertz CT molecular complexity index is 3130. The number of ketones is 3. The molecule has 9 rings (SSSR count). The van der Waals surface area contributed by atoms with Gasteiger partial charge in [0.1, 0.15) is 10.6 Å². The van der Waals surface area contributed by atoms with Crippen LogP contribution >= 0.6 is 11.3 Å². The Kier molecular flexibility index (Phi) is 12.7. The van der Waals surface area contributed by atoms with E-state index in [4.69, 9.17) is 4.74 Å². The molecule has 13 heteroatoms. The summed E-state index contributed by atoms with van der Waals surface area (Å²) in [4.78, 5) is 81.8. The smallest absolute Gasteiger partial charge is 0.348 e. The molecule has 62 heavy (non-hydrogen) atoms. The fourth-order valence-electron chi connectivity index (χ4n) is 6.66. The van der Waals surface area contributed by atoms with Crippen molar-refractivity contribution in [3.8, 4) is 5.75 Å². The van der Waals surface area contributed by atoms with E-state index in [1.54, 1.807) is 79.3 Å². The Morgan fingerprint density at radius 1 is 0.452 bits per heavy atom. The number of rotatable bonds is 9. The molecular weight excluding hydrogens is 807 g/mol. The topological polar surface area (TPSA) is 177 Å². The summed E-state index contributed by atoms with van der Waals surface area (Å²) in [5, 5.41) is 2.62. The van der Waals surface area contributed by atoms with Gasteiger partial charge in [-0.2, -0.15) is 0 Å². The van der Waals surface area contributed by atoms with Crippen molar-refractivity contribution in [3.05, 3.63) is 195 Å². The average Bonchev–Trinajstić information content (AvgIpc) is 4.14. The number of hydrogen-bond acceptors (Lipinski definition) is 10. The van der Waals surface area contributed by atoms with Crippen LogP contribution in [0.4, 0.5) is 0 Å². The minimum Gasteiger partial charge on any atom is -0.465 e. The second kappa shape index (κ2) is 18.8. The van der Waals surface area contributed by atoms with E-state index in [-0.39, 0.29) is 17.3 Å². The summed E-state index contributed by atoms with van der Waals surface area (Å²) >= 11 is 1.14. The predicted molar refractivity (Wildman–Crippen MR) is 236 cm³/mol. The number of thiophene rings is 1. The molecule has 0 aliphatic rings. The first-order chi connectivity index (χ1) is 30.1. The van der Waals surface area contributed by atoms with E-state index in [1.165, 1.54) is 21.1 Å². The number of hydrogen-bond donors (Lipinski definition) is 3. The lowest BCUT2D eigenvalue weighted by atomic mass is 10.0. The van der Waals surface area contributed by atoms with Gasteiger partial charge in [-0.1, -0.05) is 78.9 Å². The van der Waals surface area contributed by atoms with E-state index in [9.17, 15) is 28.8 Å². The van der Waals surface area contributed by atoms with Gasteiger partial charge in [-0.3, -0.25) is 19.2 Å². The normalized spacial score (nSPS) is 10.6. The lowest BCUT2D eigenvalue weighted by Crippen LogP contribution is -2.05. The van der Waals surface area contributed by atoms with Gasteiger partial charge in [0, 0.05) is 86.0 Å². The van der Waals surface area contributed by atoms with Crippen LogP contribution in [0.25, 0.3) is 32.7 Å². The van der Waals surface area contributed by atoms with E-state index in [0.29, 0.717) is 48.9 Å². The van der Waals surface area contributed by atoms with Crippen molar-refractivity contribution in [1.82, 2.24) is 15.0 Å². The zero-order valence-corrected chi connectivity index (χ0v) is 34.3. The minimum atomic E-state index is -0.455. The Hall–Kier alpha value is -8.16. The summed E-state index contributed by atoms with van der Waals surface area (Å²) in [5.41, 5.74) is 5.85. The van der Waals surface area contributed by atoms with Crippen LogP contribution in [0.15, 0.2) is 152 Å². The minimum absolute atomic E-state index is 0.0948. The number of methoxy groups -OCH3 is 2. The molecule has 0 aliphatic carbocycles. The molecule has 4 aromatic heterocycles. The third-order valence-corrected chi connectivity index (χ3v) is 10.7. The van der Waals surface area contributed by atoms with Crippen LogP contribution in [0.1, 0.15) is 74.0 Å². The number of carbonyl (C=O) groups is 6. The van der Waals surface area contributed by atoms with E-state index in [0.717, 1.165) is 44.0 Å². The Morgan fingerprint density at radius 3 is 1.39 bits per heavy atom. The number of fused-ring (bicyclic) bond motifs is 3. The monoisotopic (exact) mass is 843 g/mol. The predicted octanol–water partition coefficient (Wildman–Crippen LogP) is 9.76. The lowest BCUT2D eigenvalue weighted by molar-refractivity contribution is -0.131. The van der Waals surface area contributed by atoms with E-state index in [1.807, 2.05) is 72.8 Å². The summed E-state index contributed by atoms with van der Waals surface area (Å²) in [6.07, 6.45) is 5.09. The molecule has 9 aromatic rings. The van der Waals surface area contributed by atoms with Gasteiger partial charge in [0.15, 0.2) is 11.6 Å². The SMILES string of the molecule is CC(=O)Oc1cccc(C(=O)c2c[nH]c3ccccc23)c1.COC(=O)c1ccc(C(=O)c2c[nH]c3ccccc23)s1.COC(=O)c1cccc(C(=O)c2c[nH]c3ccccc23)c1. The Morgan fingerprint density at radius 2 is 0.887 bits per heavy atom. The fourth-order valence-corrected chi connectivity index (χ4v) is 7.54. The van der Waals surface area contributed by atoms with Crippen molar-refractivity contribution in [2.45, 2.75) is 6.92 Å². The molecule has 0 amide bonds. The molecule has 0 saturated carbocycles. The molecule has 0 aliphatic heterocycles. The summed E-state index contributed by atoms with van der Waals surface area (Å²) in [7, 11) is 2.64. The third kappa shape index (κ3) is 9.18. The molecule has 12 nitrogen and oxygen atoms in total. The van der Waals surface area contributed by atoms with Gasteiger partial charge in [0.2, 0.25) is 5.78 Å². The number of H-pyrrole nitrogens is 3. The number of carbonyl (C=O) groups excluding carboxylic acids is 6. The number of benzene rings is 5. The molecule has 0 atom stereocenters. The number of aromatic nitrogens is 3. The maximum Gasteiger partial charge on any atom is 0.348 e. The van der Waals surface area contributed by atoms with Gasteiger partial charge in [-0.05, 0) is 54.6 Å². The van der Waals surface area contributed by atoms with Crippen molar-refractivity contribution < 1.29 is 43.0 Å². The van der Waals surface area contributed by atoms with Crippen LogP contribution in [0.2, 0.25) is 0 Å². The summed E-state index contributed by atoms with van der Waals surface area (Å²) in [6, 6.07) is 39.3. The van der Waals surface area contributed by atoms with Gasteiger partial charge in [0.25, 0.3) is 0 Å². The van der Waals surface area contributed by atoms with Gasteiger partial charge in [-0.15, -0.1) is 11.3 Å². The fraction of sp³-hybridized carbons (Fsp3) is 0.0612. The van der Waals surface area contributed by atoms with Crippen LogP contribution < -0.4 is 4.74 Å². The molecule has 5 aromatic carbocycles. The molecule has 4 heterocycles. The van der Waals surface area contributed by atoms with Gasteiger partial charge >= 0.3 is 17.9 Å². The zero-order valence-electron chi connectivity index (χ0n) is 33.5. The molecule has 0 fully saturated rings. The van der Waals surface area contributed by atoms with Crippen LogP contribution in [-0.4, -0.2) is 64.4 Å². The van der Waals surface area contributed by atoms with Crippen molar-refractivity contribution in [2.75, 3.05) is 14.2 Å². The highest BCUT2D eigenvalue weighted by atomic mass is 32.1. The van der Waals surface area contributed by atoms with Crippen LogP contribution in [0.5, 0.6) is 5.75 Å².